The fourth-order valence-corrected chi connectivity index (χ4v) is 4.37. The van der Waals surface area contributed by atoms with Crippen molar-refractivity contribution >= 4 is 73.6 Å². The fourth-order valence-electron chi connectivity index (χ4n) is 4.37. The van der Waals surface area contributed by atoms with Crippen LogP contribution in [0.5, 0.6) is 0 Å². The van der Waals surface area contributed by atoms with E-state index in [0.29, 0.717) is 49.4 Å². The number of piperazine rings is 1. The molecule has 1 unspecified atom stereocenters. The molecule has 1 saturated heterocycles. The van der Waals surface area contributed by atoms with E-state index in [1.54, 1.807) is 29.2 Å². The zero-order chi connectivity index (χ0) is 33.2. The van der Waals surface area contributed by atoms with Gasteiger partial charge in [0.2, 0.25) is 0 Å². The van der Waals surface area contributed by atoms with Crippen LogP contribution in [-0.4, -0.2) is 74.2 Å². The van der Waals surface area contributed by atoms with Gasteiger partial charge in [0.1, 0.15) is 5.82 Å². The van der Waals surface area contributed by atoms with E-state index < -0.39 is 5.82 Å². The molecule has 13 heteroatoms. The molecule has 9 nitrogen and oxygen atoms in total. The molecule has 3 aromatic carbocycles. The number of hydrogen-bond donors (Lipinski definition) is 4. The van der Waals surface area contributed by atoms with Crippen molar-refractivity contribution in [3.63, 3.8) is 0 Å². The van der Waals surface area contributed by atoms with Crippen LogP contribution in [0, 0.1) is 11.2 Å². The third-order valence-electron chi connectivity index (χ3n) is 6.23. The Balaban J connectivity index is 0.000000868. The van der Waals surface area contributed by atoms with E-state index in [-0.39, 0.29) is 22.3 Å². The van der Waals surface area contributed by atoms with Gasteiger partial charge in [0.05, 0.1) is 16.6 Å². The molecule has 1 aliphatic heterocycles. The average molecular weight is 757 g/mol. The summed E-state index contributed by atoms with van der Waals surface area (Å²) in [6, 6.07) is 19.4. The average Bonchev–Trinajstić information content (AvgIpc) is 3.06. The Hall–Kier alpha value is -3.22. The quantitative estimate of drug-likeness (QED) is 0.0555. The van der Waals surface area contributed by atoms with Gasteiger partial charge < -0.3 is 21.3 Å². The first-order chi connectivity index (χ1) is 21.2. The first kappa shape index (κ1) is 38.8. The molecule has 5 rings (SSSR count). The van der Waals surface area contributed by atoms with Crippen LogP contribution in [0.15, 0.2) is 71.5 Å². The summed E-state index contributed by atoms with van der Waals surface area (Å²) >= 11 is 6.50. The molecule has 1 amide bonds. The molecule has 1 fully saturated rings. The number of H-pyrrole nitrogens is 1. The maximum atomic E-state index is 14.7. The summed E-state index contributed by atoms with van der Waals surface area (Å²) in [7, 11) is 0. The van der Waals surface area contributed by atoms with Crippen LogP contribution in [0.4, 0.5) is 15.8 Å². The summed E-state index contributed by atoms with van der Waals surface area (Å²) in [4.78, 5) is 29.1. The molecule has 1 atom stereocenters. The molecular formula is C31H41ClFN7O2PTe. The molecule has 0 aliphatic carbocycles. The van der Waals surface area contributed by atoms with E-state index in [0.717, 1.165) is 16.6 Å². The van der Waals surface area contributed by atoms with Gasteiger partial charge in [-0.1, -0.05) is 52.0 Å². The first-order valence-electron chi connectivity index (χ1n) is 14.1. The zero-order valence-electron chi connectivity index (χ0n) is 25.4. The number of amides is 1. The van der Waals surface area contributed by atoms with Crippen molar-refractivity contribution < 1.29 is 9.18 Å². The number of aromatic amines is 1. The number of amidine groups is 1. The number of carbonyl (C=O) groups is 1. The van der Waals surface area contributed by atoms with E-state index in [4.69, 9.17) is 11.1 Å². The Morgan fingerprint density at radius 1 is 1.00 bits per heavy atom. The third kappa shape index (κ3) is 11.4. The van der Waals surface area contributed by atoms with E-state index >= 15 is 0 Å². The van der Waals surface area contributed by atoms with Crippen LogP contribution < -0.4 is 21.9 Å². The number of nitrogens with zero attached hydrogens (tertiary/aromatic N) is 3. The summed E-state index contributed by atoms with van der Waals surface area (Å²) in [6.07, 6.45) is 0.364. The van der Waals surface area contributed by atoms with Gasteiger partial charge in [-0.2, -0.15) is 5.10 Å². The molecule has 0 saturated carbocycles. The molecule has 0 spiro atoms. The van der Waals surface area contributed by atoms with Crippen molar-refractivity contribution in [2.45, 2.75) is 34.1 Å². The van der Waals surface area contributed by atoms with Crippen molar-refractivity contribution in [1.29, 1.82) is 5.41 Å². The van der Waals surface area contributed by atoms with E-state index in [1.165, 1.54) is 6.07 Å². The van der Waals surface area contributed by atoms with E-state index in [2.05, 4.69) is 39.4 Å². The number of aromatic nitrogens is 2. The number of anilines is 2. The van der Waals surface area contributed by atoms with Crippen LogP contribution in [0.2, 0.25) is 0 Å². The Morgan fingerprint density at radius 3 is 2.11 bits per heavy atom. The third-order valence-corrected chi connectivity index (χ3v) is 6.23. The molecule has 4 aromatic rings. The number of nitrogens with two attached hydrogens (primary N) is 2. The van der Waals surface area contributed by atoms with Gasteiger partial charge in [0.25, 0.3) is 11.5 Å². The van der Waals surface area contributed by atoms with Gasteiger partial charge in [-0.3, -0.25) is 15.0 Å². The van der Waals surface area contributed by atoms with Crippen LogP contribution >= 0.6 is 18.5 Å². The van der Waals surface area contributed by atoms with Crippen LogP contribution in [0.25, 0.3) is 10.8 Å². The SMILES string of the molecule is CC.CC.N=C(N)Cl.Nc1ccc(N2CCN(C(=O)c3cc(Cc4n[nH]c(=O)c5ccccc45)ccc3F)CC2)cc1.P[Te]. The maximum absolute atomic E-state index is 14.7. The molecule has 1 aliphatic rings. The van der Waals surface area contributed by atoms with Crippen LogP contribution in [0.3, 0.4) is 0 Å². The predicted octanol–water partition coefficient (Wildman–Crippen LogP) is 5.31. The Kier molecular flexibility index (Phi) is 18.2. The second-order valence-electron chi connectivity index (χ2n) is 8.75. The van der Waals surface area contributed by atoms with Crippen LogP contribution in [0.1, 0.15) is 49.3 Å². The second-order valence-corrected chi connectivity index (χ2v) is 9.16. The monoisotopic (exact) mass is 758 g/mol. The number of nitrogens with one attached hydrogen (secondary N) is 2. The number of carbonyl (C=O) groups excluding carboxylic acids is 1. The molecule has 0 bridgehead atoms. The standard InChI is InChI=1S/C26H24FN5O2.2C2H6.CH3ClN2.H2PTe/c27-23-10-5-17(16-24-20-3-1-2-4-21(20)25(33)30-29-24)15-22(23)26(34)32-13-11-31(12-14-32)19-8-6-18(28)7-9-19;2*1-2;2-1(3)4;1-2/h1-10,15H,11-14,16,28H2,(H,30,33);2*1-2H3;(H3,3,4);1H2. The topological polar surface area (TPSA) is 145 Å². The van der Waals surface area contributed by atoms with Crippen molar-refractivity contribution in [2.24, 2.45) is 5.73 Å². The van der Waals surface area contributed by atoms with Crippen molar-refractivity contribution in [2.75, 3.05) is 36.8 Å². The Labute approximate surface area is 278 Å². The van der Waals surface area contributed by atoms with Gasteiger partial charge >= 0.3 is 28.7 Å². The summed E-state index contributed by atoms with van der Waals surface area (Å²) in [6.45, 7) is 12.7. The Bertz CT molecular complexity index is 1530. The van der Waals surface area contributed by atoms with Crippen molar-refractivity contribution in [1.82, 2.24) is 15.1 Å². The summed E-state index contributed by atoms with van der Waals surface area (Å²) in [5.74, 6) is -0.871. The van der Waals surface area contributed by atoms with Gasteiger partial charge in [-0.25, -0.2) is 9.49 Å². The van der Waals surface area contributed by atoms with Crippen molar-refractivity contribution in [3.8, 4) is 0 Å². The van der Waals surface area contributed by atoms with Gasteiger partial charge in [-0.15, -0.1) is 0 Å². The minimum absolute atomic E-state index is 0.0483. The molecule has 44 heavy (non-hydrogen) atoms. The van der Waals surface area contributed by atoms with Gasteiger partial charge in [0.15, 0.2) is 5.29 Å². The molecule has 2 heterocycles. The molecule has 6 N–H and O–H groups in total. The van der Waals surface area contributed by atoms with E-state index in [9.17, 15) is 14.0 Å². The summed E-state index contributed by atoms with van der Waals surface area (Å²) in [5, 5.41) is 13.7. The van der Waals surface area contributed by atoms with Crippen molar-refractivity contribution in [3.05, 3.63) is 99.7 Å². The predicted molar refractivity (Wildman–Crippen MR) is 186 cm³/mol. The Morgan fingerprint density at radius 2 is 1.55 bits per heavy atom. The molecule has 237 valence electrons. The number of nitrogen functional groups attached to an aromatic ring is 1. The second kappa shape index (κ2) is 20.7. The summed E-state index contributed by atoms with van der Waals surface area (Å²) < 4.78 is 14.7. The fraction of sp³-hybridized carbons (Fsp3) is 0.290. The minimum atomic E-state index is -0.547. The van der Waals surface area contributed by atoms with Gasteiger partial charge in [0, 0.05) is 49.4 Å². The molecular weight excluding hydrogens is 715 g/mol. The number of halogens is 2. The normalized spacial score (nSPS) is 11.7. The summed E-state index contributed by atoms with van der Waals surface area (Å²) in [5.41, 5.74) is 13.2. The number of benzene rings is 3. The number of hydrogen-bond acceptors (Lipinski definition) is 6. The first-order valence-corrected chi connectivity index (χ1v) is 19.0. The number of rotatable bonds is 4. The zero-order valence-corrected chi connectivity index (χ0v) is 29.7. The molecule has 1 radical (unpaired) electrons. The van der Waals surface area contributed by atoms with Gasteiger partial charge in [-0.05, 0) is 59.6 Å². The van der Waals surface area contributed by atoms with E-state index in [1.807, 2.05) is 85.8 Å². The van der Waals surface area contributed by atoms with Crippen LogP contribution in [-0.2, 0) is 6.42 Å². The number of fused-ring (bicyclic) bond motifs is 1. The molecule has 1 aromatic heterocycles.